The predicted molar refractivity (Wildman–Crippen MR) is 288 cm³/mol. The molecule has 0 spiro atoms. The zero-order chi connectivity index (χ0) is 51.3. The molecule has 3 aromatic carbocycles. The highest BCUT2D eigenvalue weighted by atomic mass is 35.5. The minimum atomic E-state index is -2.83. The summed E-state index contributed by atoms with van der Waals surface area (Å²) in [5.74, 6) is 1.15. The Balaban J connectivity index is 0.698. The number of halogens is 1. The molecule has 11 rings (SSSR count). The lowest BCUT2D eigenvalue weighted by atomic mass is 9.92. The second-order valence-corrected chi connectivity index (χ2v) is 24.1. The van der Waals surface area contributed by atoms with E-state index in [0.29, 0.717) is 80.7 Å². The standard InChI is InChI=1S/C53H62ClN14O5P/c1-63-31-35(28-58-63)39-26-43(60-53-57-29-40(54)50(62-53)59-42-8-7-41-48(56-16-15-55-41)49(42)74(3,4)72)46(73-2)27-45(39)67-19-13-36(14-20-67)65-17-11-33(12-18-65)30-64-21-23-66(24-22-64)37-5-6-38-34(25-37)32-68(52(38)71)44-9-10-47(69)61-51(44)70/h5-8,15-16,25-29,31,33,36,44H,9-14,17-24,30,32H2,1-4H3,(H,61,69,70)(H2,57,59,60,62)/t44-/m1/s1. The number of amides is 3. The van der Waals surface area contributed by atoms with Crippen molar-refractivity contribution in [3.63, 3.8) is 0 Å². The maximum absolute atomic E-state index is 13.6. The number of piperazine rings is 1. The second-order valence-electron chi connectivity index (χ2n) is 20.6. The van der Waals surface area contributed by atoms with Crippen LogP contribution in [0.3, 0.4) is 0 Å². The summed E-state index contributed by atoms with van der Waals surface area (Å²) in [6, 6.07) is 13.8. The molecule has 19 nitrogen and oxygen atoms in total. The molecular weight excluding hydrogens is 979 g/mol. The molecule has 0 bridgehead atoms. The summed E-state index contributed by atoms with van der Waals surface area (Å²) in [6.45, 7) is 12.9. The van der Waals surface area contributed by atoms with Crippen LogP contribution in [-0.4, -0.2) is 154 Å². The van der Waals surface area contributed by atoms with Gasteiger partial charge in [-0.1, -0.05) is 11.6 Å². The Labute approximate surface area is 435 Å². The van der Waals surface area contributed by atoms with E-state index in [1.807, 2.05) is 48.4 Å². The molecule has 4 saturated heterocycles. The fourth-order valence-electron chi connectivity index (χ4n) is 11.6. The van der Waals surface area contributed by atoms with Crippen LogP contribution in [0.5, 0.6) is 5.75 Å². The molecule has 21 heteroatoms. The van der Waals surface area contributed by atoms with Crippen molar-refractivity contribution in [2.45, 2.75) is 57.2 Å². The molecule has 5 aliphatic rings. The Morgan fingerprint density at radius 1 is 0.824 bits per heavy atom. The molecule has 5 aliphatic heterocycles. The number of nitrogens with zero attached hydrogens (tertiary/aromatic N) is 11. The van der Waals surface area contributed by atoms with Crippen LogP contribution in [-0.2, 0) is 27.7 Å². The van der Waals surface area contributed by atoms with Crippen LogP contribution >= 0.6 is 18.7 Å². The van der Waals surface area contributed by atoms with Crippen LogP contribution in [0.2, 0.25) is 5.02 Å². The van der Waals surface area contributed by atoms with E-state index in [-0.39, 0.29) is 24.1 Å². The third-order valence-electron chi connectivity index (χ3n) is 15.5. The molecule has 0 aliphatic carbocycles. The van der Waals surface area contributed by atoms with Gasteiger partial charge in [0.2, 0.25) is 17.8 Å². The third-order valence-corrected chi connectivity index (χ3v) is 17.3. The van der Waals surface area contributed by atoms with E-state index in [9.17, 15) is 18.9 Å². The zero-order valence-electron chi connectivity index (χ0n) is 42.3. The summed E-state index contributed by atoms with van der Waals surface area (Å²) in [5, 5.41) is 14.5. The zero-order valence-corrected chi connectivity index (χ0v) is 43.9. The van der Waals surface area contributed by atoms with Gasteiger partial charge in [0.1, 0.15) is 29.5 Å². The molecule has 3 N–H and O–H groups in total. The highest BCUT2D eigenvalue weighted by molar-refractivity contribution is 7.71. The number of carbonyl (C=O) groups excluding carboxylic acids is 3. The number of aryl methyl sites for hydroxylation is 1. The van der Waals surface area contributed by atoms with Gasteiger partial charge in [0, 0.05) is 125 Å². The van der Waals surface area contributed by atoms with E-state index in [1.165, 1.54) is 19.0 Å². The molecule has 0 unspecified atom stereocenters. The van der Waals surface area contributed by atoms with Crippen LogP contribution in [0.15, 0.2) is 73.4 Å². The minimum Gasteiger partial charge on any atom is -0.494 e. The SMILES string of the molecule is COc1cc(N2CCC(N3CCC(CN4CCN(c5ccc6c(c5)CN([C@@H]5CCC(=O)NC5=O)C6=O)CC4)CC3)CC2)c(-c2cnn(C)c2)cc1Nc1ncc(Cl)c(Nc2ccc3nccnc3c2P(C)(C)=O)n1. The molecule has 0 saturated carbocycles. The summed E-state index contributed by atoms with van der Waals surface area (Å²) >= 11 is 6.69. The van der Waals surface area contributed by atoms with Crippen LogP contribution in [0.25, 0.3) is 22.2 Å². The number of aromatic nitrogens is 6. The Morgan fingerprint density at radius 3 is 2.34 bits per heavy atom. The number of hydrogen-bond acceptors (Lipinski definition) is 16. The number of rotatable bonds is 13. The predicted octanol–water partition coefficient (Wildman–Crippen LogP) is 6.48. The van der Waals surface area contributed by atoms with Gasteiger partial charge in [0.05, 0.1) is 41.7 Å². The molecule has 6 aromatic rings. The van der Waals surface area contributed by atoms with E-state index >= 15 is 0 Å². The van der Waals surface area contributed by atoms with Gasteiger partial charge in [0.15, 0.2) is 5.82 Å². The van der Waals surface area contributed by atoms with Crippen molar-refractivity contribution in [1.82, 2.24) is 49.7 Å². The van der Waals surface area contributed by atoms with E-state index < -0.39 is 13.2 Å². The average molecular weight is 1040 g/mol. The Bertz CT molecular complexity index is 3180. The van der Waals surface area contributed by atoms with Crippen molar-refractivity contribution in [3.05, 3.63) is 89.6 Å². The number of imide groups is 1. The first kappa shape index (κ1) is 49.5. The number of nitrogens with one attached hydrogen (secondary N) is 3. The number of ether oxygens (including phenoxy) is 1. The van der Waals surface area contributed by atoms with Gasteiger partial charge in [-0.25, -0.2) is 4.98 Å². The number of piperidine rings is 3. The molecule has 8 heterocycles. The summed E-state index contributed by atoms with van der Waals surface area (Å²) in [4.78, 5) is 67.6. The smallest absolute Gasteiger partial charge is 0.255 e. The fourth-order valence-corrected chi connectivity index (χ4v) is 13.1. The summed E-state index contributed by atoms with van der Waals surface area (Å²) in [5.41, 5.74) is 8.25. The fraction of sp³-hybridized carbons (Fsp3) is 0.434. The van der Waals surface area contributed by atoms with Crippen molar-refractivity contribution < 1.29 is 23.7 Å². The van der Waals surface area contributed by atoms with Crippen LogP contribution in [0.1, 0.15) is 54.4 Å². The molecule has 3 amide bonds. The highest BCUT2D eigenvalue weighted by Crippen LogP contribution is 2.44. The number of methoxy groups -OCH3 is 1. The summed E-state index contributed by atoms with van der Waals surface area (Å²) in [7, 11) is 0.755. The van der Waals surface area contributed by atoms with Crippen molar-refractivity contribution >= 4 is 87.3 Å². The number of anilines is 6. The number of hydrogen-bond donors (Lipinski definition) is 3. The Morgan fingerprint density at radius 2 is 1.61 bits per heavy atom. The van der Waals surface area contributed by atoms with Crippen molar-refractivity contribution in [2.75, 3.05) is 99.8 Å². The van der Waals surface area contributed by atoms with E-state index in [4.69, 9.17) is 21.3 Å². The molecule has 0 radical (unpaired) electrons. The van der Waals surface area contributed by atoms with E-state index in [0.717, 1.165) is 99.8 Å². The highest BCUT2D eigenvalue weighted by Gasteiger charge is 2.40. The van der Waals surface area contributed by atoms with Crippen LogP contribution < -0.4 is 35.8 Å². The van der Waals surface area contributed by atoms with E-state index in [2.05, 4.69) is 73.8 Å². The Kier molecular flexibility index (Phi) is 13.8. The van der Waals surface area contributed by atoms with Crippen molar-refractivity contribution in [2.24, 2.45) is 13.0 Å². The minimum absolute atomic E-state index is 0.134. The number of fused-ring (bicyclic) bond motifs is 2. The Hall–Kier alpha value is -6.66. The van der Waals surface area contributed by atoms with Gasteiger partial charge in [-0.05, 0) is 106 Å². The maximum atomic E-state index is 13.6. The monoisotopic (exact) mass is 1040 g/mol. The van der Waals surface area contributed by atoms with Gasteiger partial charge in [-0.2, -0.15) is 10.1 Å². The third kappa shape index (κ3) is 10.1. The molecule has 4 fully saturated rings. The lowest BCUT2D eigenvalue weighted by Crippen LogP contribution is -2.52. The topological polar surface area (TPSA) is 199 Å². The molecule has 74 heavy (non-hydrogen) atoms. The van der Waals surface area contributed by atoms with Crippen molar-refractivity contribution in [1.29, 1.82) is 0 Å². The lowest BCUT2D eigenvalue weighted by molar-refractivity contribution is -0.136. The largest absolute Gasteiger partial charge is 0.494 e. The van der Waals surface area contributed by atoms with Crippen molar-refractivity contribution in [3.8, 4) is 16.9 Å². The normalized spacial score (nSPS) is 19.6. The number of benzene rings is 3. The average Bonchev–Trinajstić information content (AvgIpc) is 3.99. The van der Waals surface area contributed by atoms with Crippen LogP contribution in [0, 0.1) is 5.92 Å². The number of likely N-dealkylation sites (tertiary alicyclic amines) is 1. The summed E-state index contributed by atoms with van der Waals surface area (Å²) in [6.07, 6.45) is 13.8. The molecule has 3 aromatic heterocycles. The van der Waals surface area contributed by atoms with Gasteiger partial charge in [0.25, 0.3) is 5.91 Å². The van der Waals surface area contributed by atoms with E-state index in [1.54, 1.807) is 37.7 Å². The quantitative estimate of drug-likeness (QED) is 0.0838. The first-order valence-electron chi connectivity index (χ1n) is 25.6. The molecule has 1 atom stereocenters. The van der Waals surface area contributed by atoms with Gasteiger partial charge in [-0.15, -0.1) is 0 Å². The van der Waals surface area contributed by atoms with Gasteiger partial charge in [-0.3, -0.25) is 39.3 Å². The van der Waals surface area contributed by atoms with Gasteiger partial charge < -0.3 is 39.5 Å². The summed E-state index contributed by atoms with van der Waals surface area (Å²) < 4.78 is 21.5. The van der Waals surface area contributed by atoms with Gasteiger partial charge >= 0.3 is 0 Å². The number of carbonyl (C=O) groups is 3. The lowest BCUT2D eigenvalue weighted by Gasteiger charge is -2.44. The second kappa shape index (κ2) is 20.6. The first-order chi connectivity index (χ1) is 35.8. The first-order valence-corrected chi connectivity index (χ1v) is 28.5. The molecular formula is C53H62ClN14O5P. The maximum Gasteiger partial charge on any atom is 0.255 e. The molecule has 386 valence electrons. The van der Waals surface area contributed by atoms with Crippen LogP contribution in [0.4, 0.5) is 34.5 Å².